The Labute approximate surface area is 241 Å². The number of nitrogens with zero attached hydrogens (tertiary/aromatic N) is 4. The molecule has 0 aliphatic carbocycles. The third-order valence-corrected chi connectivity index (χ3v) is 7.54. The summed E-state index contributed by atoms with van der Waals surface area (Å²) in [5.74, 6) is -2.17. The first kappa shape index (κ1) is 34.6. The number of methoxy groups -OCH3 is 2. The quantitative estimate of drug-likeness (QED) is 0.145. The molecule has 41 heavy (non-hydrogen) atoms. The molecule has 1 fully saturated rings. The van der Waals surface area contributed by atoms with Crippen molar-refractivity contribution in [3.63, 3.8) is 0 Å². The number of carbonyl (C=O) groups excluding carboxylic acids is 2. The normalized spacial score (nSPS) is 28.0. The second-order valence-corrected chi connectivity index (χ2v) is 11.6. The lowest BCUT2D eigenvalue weighted by Gasteiger charge is -2.48. The molecule has 2 heterocycles. The number of hydrogen-bond acceptors (Lipinski definition) is 12. The maximum atomic E-state index is 12.7. The van der Waals surface area contributed by atoms with Crippen LogP contribution in [0.25, 0.3) is 10.4 Å². The highest BCUT2D eigenvalue weighted by molar-refractivity contribution is 5.89. The van der Waals surface area contributed by atoms with Crippen LogP contribution in [0.3, 0.4) is 0 Å². The summed E-state index contributed by atoms with van der Waals surface area (Å²) in [4.78, 5) is 29.8. The fourth-order valence-electron chi connectivity index (χ4n) is 5.40. The molecule has 0 spiro atoms. The standard InChI is InChI=1S/C27H46N4O10/c1-15(14-32)12-27(6,36-10)22(16(2)20-17(3)23(33)41-26(4,5)40-20)39-24-21(38-25(34)35-9)19(31(7)8)11-18(37-24)13-29-30-28/h15-16,18-19,21-22,24,32H,11-14H2,1-10H3/t15-,16+,18?,19?,21?,22-,24?,27-/m1/s1. The zero-order valence-corrected chi connectivity index (χ0v) is 25.8. The summed E-state index contributed by atoms with van der Waals surface area (Å²) in [7, 11) is 6.39. The van der Waals surface area contributed by atoms with Gasteiger partial charge in [-0.25, -0.2) is 9.59 Å². The van der Waals surface area contributed by atoms with Gasteiger partial charge in [-0.3, -0.25) is 0 Å². The van der Waals surface area contributed by atoms with Crippen molar-refractivity contribution in [1.29, 1.82) is 0 Å². The summed E-state index contributed by atoms with van der Waals surface area (Å²) in [6.07, 6.45) is -3.70. The second-order valence-electron chi connectivity index (χ2n) is 11.6. The van der Waals surface area contributed by atoms with E-state index in [1.54, 1.807) is 20.8 Å². The summed E-state index contributed by atoms with van der Waals surface area (Å²) in [5, 5.41) is 13.6. The van der Waals surface area contributed by atoms with Gasteiger partial charge in [-0.15, -0.1) is 0 Å². The Kier molecular flexibility index (Phi) is 12.3. The Morgan fingerprint density at radius 2 is 1.95 bits per heavy atom. The van der Waals surface area contributed by atoms with Crippen LogP contribution in [0.4, 0.5) is 4.79 Å². The van der Waals surface area contributed by atoms with E-state index < -0.39 is 60.1 Å². The fourth-order valence-corrected chi connectivity index (χ4v) is 5.40. The summed E-state index contributed by atoms with van der Waals surface area (Å²) in [6.45, 7) is 10.4. The van der Waals surface area contributed by atoms with Crippen molar-refractivity contribution in [2.75, 3.05) is 41.5 Å². The number of likely N-dealkylation sites (N-methyl/N-ethyl adjacent to an activating group) is 1. The molecule has 1 saturated heterocycles. The predicted octanol–water partition coefficient (Wildman–Crippen LogP) is 3.52. The topological polar surface area (TPSA) is 171 Å². The molecular formula is C27H46N4O10. The molecule has 0 bridgehead atoms. The third kappa shape index (κ3) is 8.69. The average molecular weight is 587 g/mol. The maximum Gasteiger partial charge on any atom is 0.508 e. The van der Waals surface area contributed by atoms with Crippen LogP contribution in [0.15, 0.2) is 16.4 Å². The van der Waals surface area contributed by atoms with Gasteiger partial charge in [0.15, 0.2) is 12.4 Å². The first-order valence-electron chi connectivity index (χ1n) is 13.6. The van der Waals surface area contributed by atoms with Gasteiger partial charge in [0.2, 0.25) is 5.79 Å². The predicted molar refractivity (Wildman–Crippen MR) is 146 cm³/mol. The zero-order valence-electron chi connectivity index (χ0n) is 25.8. The van der Waals surface area contributed by atoms with Gasteiger partial charge in [-0.1, -0.05) is 19.0 Å². The summed E-state index contributed by atoms with van der Waals surface area (Å²) in [6, 6.07) is -0.395. The number of carbonyl (C=O) groups is 2. The van der Waals surface area contributed by atoms with Crippen LogP contribution in [-0.4, -0.2) is 106 Å². The summed E-state index contributed by atoms with van der Waals surface area (Å²) < 4.78 is 41.0. The van der Waals surface area contributed by atoms with Crippen LogP contribution in [0.2, 0.25) is 0 Å². The molecule has 4 unspecified atom stereocenters. The minimum absolute atomic E-state index is 0.0301. The zero-order chi connectivity index (χ0) is 31.1. The Bertz CT molecular complexity index is 999. The number of hydrogen-bond donors (Lipinski definition) is 1. The van der Waals surface area contributed by atoms with Gasteiger partial charge < -0.3 is 43.2 Å². The highest BCUT2D eigenvalue weighted by Crippen LogP contribution is 2.41. The lowest BCUT2D eigenvalue weighted by atomic mass is 9.80. The number of rotatable bonds is 13. The van der Waals surface area contributed by atoms with Gasteiger partial charge >= 0.3 is 12.1 Å². The molecule has 1 N–H and O–H groups in total. The van der Waals surface area contributed by atoms with E-state index >= 15 is 0 Å². The van der Waals surface area contributed by atoms with Gasteiger partial charge in [0.1, 0.15) is 5.76 Å². The molecule has 0 aromatic rings. The van der Waals surface area contributed by atoms with Crippen LogP contribution in [0.1, 0.15) is 54.4 Å². The smallest absolute Gasteiger partial charge is 0.456 e. The molecular weight excluding hydrogens is 540 g/mol. The molecule has 0 aromatic heterocycles. The molecule has 0 radical (unpaired) electrons. The van der Waals surface area contributed by atoms with Crippen LogP contribution in [-0.2, 0) is 38.0 Å². The van der Waals surface area contributed by atoms with Gasteiger partial charge in [0, 0.05) is 38.4 Å². The van der Waals surface area contributed by atoms with Crippen LogP contribution < -0.4 is 0 Å². The molecule has 0 saturated carbocycles. The Balaban J connectivity index is 2.65. The number of aliphatic hydroxyl groups excluding tert-OH is 1. The minimum atomic E-state index is -1.22. The van der Waals surface area contributed by atoms with E-state index in [1.807, 2.05) is 39.8 Å². The van der Waals surface area contributed by atoms with Crippen molar-refractivity contribution >= 4 is 12.1 Å². The molecule has 14 nitrogen and oxygen atoms in total. The highest BCUT2D eigenvalue weighted by atomic mass is 16.8. The maximum absolute atomic E-state index is 12.7. The van der Waals surface area contributed by atoms with E-state index in [0.717, 1.165) is 0 Å². The van der Waals surface area contributed by atoms with E-state index in [-0.39, 0.29) is 24.6 Å². The molecule has 8 atom stereocenters. The molecule has 234 valence electrons. The first-order valence-corrected chi connectivity index (χ1v) is 13.6. The first-order chi connectivity index (χ1) is 19.1. The molecule has 0 aromatic carbocycles. The Morgan fingerprint density at radius 1 is 1.29 bits per heavy atom. The van der Waals surface area contributed by atoms with E-state index in [4.69, 9.17) is 38.7 Å². The van der Waals surface area contributed by atoms with Crippen molar-refractivity contribution in [1.82, 2.24) is 4.90 Å². The molecule has 0 amide bonds. The number of azide groups is 1. The lowest BCUT2D eigenvalue weighted by Crippen LogP contribution is -2.60. The second kappa shape index (κ2) is 14.5. The summed E-state index contributed by atoms with van der Waals surface area (Å²) in [5.41, 5.74) is 8.15. The SMILES string of the molecule is COC(=O)OC1C(O[C@H]([C@@H](C)C2=C(C)C(=O)OC(C)(C)O2)[C@@](C)(C[C@@H](C)CO)OC)OC(CN=[N+]=[N-])CC1N(C)C. The van der Waals surface area contributed by atoms with Gasteiger partial charge in [0.25, 0.3) is 0 Å². The van der Waals surface area contributed by atoms with Crippen LogP contribution in [0, 0.1) is 11.8 Å². The fraction of sp³-hybridized carbons (Fsp3) is 0.852. The van der Waals surface area contributed by atoms with Crippen LogP contribution >= 0.6 is 0 Å². The minimum Gasteiger partial charge on any atom is -0.456 e. The van der Waals surface area contributed by atoms with Gasteiger partial charge in [-0.05, 0) is 52.2 Å². The van der Waals surface area contributed by atoms with Crippen molar-refractivity contribution < 1.29 is 47.9 Å². The van der Waals surface area contributed by atoms with Crippen molar-refractivity contribution in [3.8, 4) is 0 Å². The van der Waals surface area contributed by atoms with E-state index in [1.165, 1.54) is 14.2 Å². The monoisotopic (exact) mass is 586 g/mol. The van der Waals surface area contributed by atoms with E-state index in [0.29, 0.717) is 18.6 Å². The van der Waals surface area contributed by atoms with Crippen LogP contribution in [0.5, 0.6) is 0 Å². The largest absolute Gasteiger partial charge is 0.508 e. The molecule has 14 heteroatoms. The third-order valence-electron chi connectivity index (χ3n) is 7.54. The highest BCUT2D eigenvalue weighted by Gasteiger charge is 2.50. The van der Waals surface area contributed by atoms with Crippen molar-refractivity contribution in [3.05, 3.63) is 21.8 Å². The van der Waals surface area contributed by atoms with E-state index in [9.17, 15) is 14.7 Å². The number of ether oxygens (including phenoxy) is 7. The van der Waals surface area contributed by atoms with Gasteiger partial charge in [-0.2, -0.15) is 0 Å². The molecule has 2 aliphatic rings. The summed E-state index contributed by atoms with van der Waals surface area (Å²) >= 11 is 0. The number of esters is 1. The Hall–Kier alpha value is -2.61. The Morgan fingerprint density at radius 3 is 2.49 bits per heavy atom. The molecule has 2 aliphatic heterocycles. The van der Waals surface area contributed by atoms with Crippen molar-refractivity contribution in [2.45, 2.75) is 96.4 Å². The lowest BCUT2D eigenvalue weighted by molar-refractivity contribution is -0.300. The average Bonchev–Trinajstić information content (AvgIpc) is 2.92. The number of cyclic esters (lactones) is 1. The van der Waals surface area contributed by atoms with E-state index in [2.05, 4.69) is 10.0 Å². The van der Waals surface area contributed by atoms with Crippen molar-refractivity contribution in [2.24, 2.45) is 17.0 Å². The number of aliphatic hydroxyl groups is 1. The molecule has 2 rings (SSSR count). The van der Waals surface area contributed by atoms with Gasteiger partial charge in [0.05, 0.1) is 43.1 Å².